The molecule has 0 radical (unpaired) electrons. The lowest BCUT2D eigenvalue weighted by atomic mass is 10.0. The van der Waals surface area contributed by atoms with Crippen LogP contribution in [0.4, 0.5) is 5.69 Å². The molecule has 120 valence electrons. The number of carboxylic acids is 1. The summed E-state index contributed by atoms with van der Waals surface area (Å²) in [7, 11) is 0. The van der Waals surface area contributed by atoms with Crippen molar-refractivity contribution in [1.82, 2.24) is 0 Å². The highest BCUT2D eigenvalue weighted by atomic mass is 16.4. The van der Waals surface area contributed by atoms with Crippen LogP contribution in [0.5, 0.6) is 0 Å². The lowest BCUT2D eigenvalue weighted by Gasteiger charge is -2.08. The number of amides is 1. The number of hydrogen-bond donors (Lipinski definition) is 2. The van der Waals surface area contributed by atoms with Gasteiger partial charge in [-0.05, 0) is 35.9 Å². The molecule has 0 atom stereocenters. The standard InChI is InChI=1S/C18H13NO5/c20-16(10-11-3-1-2-4-14(11)18(22)23)19-13-6-7-15-12(9-13)5-8-17(21)24-15/h1-9H,10H2,(H,19,20)(H,22,23). The zero-order chi connectivity index (χ0) is 17.1. The van der Waals surface area contributed by atoms with Crippen LogP contribution < -0.4 is 10.9 Å². The molecule has 6 heteroatoms. The highest BCUT2D eigenvalue weighted by Gasteiger charge is 2.12. The number of hydrogen-bond acceptors (Lipinski definition) is 4. The molecule has 0 aliphatic rings. The first kappa shape index (κ1) is 15.5. The van der Waals surface area contributed by atoms with Gasteiger partial charge in [0.1, 0.15) is 5.58 Å². The Kier molecular flexibility index (Phi) is 4.11. The number of nitrogens with one attached hydrogen (secondary N) is 1. The van der Waals surface area contributed by atoms with Crippen molar-refractivity contribution in [2.75, 3.05) is 5.32 Å². The fourth-order valence-electron chi connectivity index (χ4n) is 2.41. The van der Waals surface area contributed by atoms with E-state index in [2.05, 4.69) is 5.32 Å². The van der Waals surface area contributed by atoms with Crippen LogP contribution in [0.15, 0.2) is 63.8 Å². The van der Waals surface area contributed by atoms with Crippen LogP contribution in [0.3, 0.4) is 0 Å². The molecule has 6 nitrogen and oxygen atoms in total. The summed E-state index contributed by atoms with van der Waals surface area (Å²) < 4.78 is 5.03. The predicted octanol–water partition coefficient (Wildman–Crippen LogP) is 2.67. The van der Waals surface area contributed by atoms with E-state index in [9.17, 15) is 14.4 Å². The molecule has 0 saturated carbocycles. The summed E-state index contributed by atoms with van der Waals surface area (Å²) in [5.41, 5.74) is 1.07. The Hall–Kier alpha value is -3.41. The van der Waals surface area contributed by atoms with Gasteiger partial charge >= 0.3 is 11.6 Å². The van der Waals surface area contributed by atoms with Crippen molar-refractivity contribution in [2.24, 2.45) is 0 Å². The van der Waals surface area contributed by atoms with Crippen LogP contribution >= 0.6 is 0 Å². The Labute approximate surface area is 136 Å². The second-order valence-corrected chi connectivity index (χ2v) is 5.19. The third-order valence-corrected chi connectivity index (χ3v) is 3.50. The Morgan fingerprint density at radius 2 is 1.83 bits per heavy atom. The third-order valence-electron chi connectivity index (χ3n) is 3.50. The van der Waals surface area contributed by atoms with E-state index in [4.69, 9.17) is 9.52 Å². The van der Waals surface area contributed by atoms with E-state index in [0.717, 1.165) is 0 Å². The lowest BCUT2D eigenvalue weighted by molar-refractivity contribution is -0.115. The van der Waals surface area contributed by atoms with E-state index in [1.54, 1.807) is 42.5 Å². The second kappa shape index (κ2) is 6.37. The first-order valence-corrected chi connectivity index (χ1v) is 7.18. The van der Waals surface area contributed by atoms with Gasteiger partial charge in [0, 0.05) is 17.1 Å². The summed E-state index contributed by atoms with van der Waals surface area (Å²) in [4.78, 5) is 34.5. The molecule has 1 aromatic heterocycles. The van der Waals surface area contributed by atoms with Crippen LogP contribution in [0.25, 0.3) is 11.0 Å². The Balaban J connectivity index is 1.79. The molecule has 2 N–H and O–H groups in total. The third kappa shape index (κ3) is 3.33. The van der Waals surface area contributed by atoms with E-state index in [1.807, 2.05) is 0 Å². The molecular formula is C18H13NO5. The maximum atomic E-state index is 12.2. The number of carbonyl (C=O) groups is 2. The van der Waals surface area contributed by atoms with Crippen molar-refractivity contribution in [2.45, 2.75) is 6.42 Å². The fourth-order valence-corrected chi connectivity index (χ4v) is 2.41. The molecule has 1 amide bonds. The van der Waals surface area contributed by atoms with E-state index < -0.39 is 11.6 Å². The second-order valence-electron chi connectivity index (χ2n) is 5.19. The fraction of sp³-hybridized carbons (Fsp3) is 0.0556. The molecule has 24 heavy (non-hydrogen) atoms. The molecule has 3 rings (SSSR count). The minimum absolute atomic E-state index is 0.0512. The zero-order valence-electron chi connectivity index (χ0n) is 12.5. The van der Waals surface area contributed by atoms with Gasteiger partial charge in [-0.3, -0.25) is 4.79 Å². The molecule has 0 unspecified atom stereocenters. The molecule has 0 spiro atoms. The highest BCUT2D eigenvalue weighted by molar-refractivity contribution is 5.97. The van der Waals surface area contributed by atoms with Crippen molar-refractivity contribution in [3.05, 3.63) is 76.1 Å². The smallest absolute Gasteiger partial charge is 0.336 e. The SMILES string of the molecule is O=C(Cc1ccccc1C(=O)O)Nc1ccc2oc(=O)ccc2c1. The summed E-state index contributed by atoms with van der Waals surface area (Å²) in [6, 6.07) is 14.2. The number of aromatic carboxylic acids is 1. The quantitative estimate of drug-likeness (QED) is 0.720. The number of rotatable bonds is 4. The molecular weight excluding hydrogens is 310 g/mol. The summed E-state index contributed by atoms with van der Waals surface area (Å²) in [5.74, 6) is -1.40. The van der Waals surface area contributed by atoms with Crippen molar-refractivity contribution in [1.29, 1.82) is 0 Å². The topological polar surface area (TPSA) is 96.6 Å². The maximum absolute atomic E-state index is 12.2. The number of carbonyl (C=O) groups excluding carboxylic acids is 1. The van der Waals surface area contributed by atoms with Gasteiger partial charge in [-0.1, -0.05) is 18.2 Å². The van der Waals surface area contributed by atoms with Gasteiger partial charge in [0.05, 0.1) is 12.0 Å². The van der Waals surface area contributed by atoms with Crippen LogP contribution in [0.1, 0.15) is 15.9 Å². The van der Waals surface area contributed by atoms with Crippen LogP contribution in [0, 0.1) is 0 Å². The van der Waals surface area contributed by atoms with Crippen molar-refractivity contribution in [3.63, 3.8) is 0 Å². The van der Waals surface area contributed by atoms with Gasteiger partial charge in [-0.15, -0.1) is 0 Å². The van der Waals surface area contributed by atoms with Gasteiger partial charge in [0.2, 0.25) is 5.91 Å². The number of anilines is 1. The van der Waals surface area contributed by atoms with Gasteiger partial charge in [0.25, 0.3) is 0 Å². The van der Waals surface area contributed by atoms with Crippen LogP contribution in [0.2, 0.25) is 0 Å². The van der Waals surface area contributed by atoms with Crippen LogP contribution in [-0.4, -0.2) is 17.0 Å². The number of carboxylic acid groups (broad SMARTS) is 1. The summed E-state index contributed by atoms with van der Waals surface area (Å²) >= 11 is 0. The van der Waals surface area contributed by atoms with E-state index in [0.29, 0.717) is 22.2 Å². The average molecular weight is 323 g/mol. The Bertz CT molecular complexity index is 990. The number of fused-ring (bicyclic) bond motifs is 1. The number of benzene rings is 2. The molecule has 0 bridgehead atoms. The van der Waals surface area contributed by atoms with E-state index in [-0.39, 0.29) is 17.9 Å². The van der Waals surface area contributed by atoms with Gasteiger partial charge in [0.15, 0.2) is 0 Å². The van der Waals surface area contributed by atoms with Gasteiger partial charge < -0.3 is 14.8 Å². The average Bonchev–Trinajstić information content (AvgIpc) is 2.55. The Morgan fingerprint density at radius 1 is 1.04 bits per heavy atom. The lowest BCUT2D eigenvalue weighted by Crippen LogP contribution is -2.16. The summed E-state index contributed by atoms with van der Waals surface area (Å²) in [5, 5.41) is 12.5. The predicted molar refractivity (Wildman–Crippen MR) is 88.2 cm³/mol. The molecule has 1 heterocycles. The summed E-state index contributed by atoms with van der Waals surface area (Å²) in [6.07, 6.45) is -0.0512. The van der Waals surface area contributed by atoms with Crippen molar-refractivity contribution < 1.29 is 19.1 Å². The molecule has 0 aliphatic carbocycles. The Morgan fingerprint density at radius 3 is 2.62 bits per heavy atom. The van der Waals surface area contributed by atoms with Crippen molar-refractivity contribution >= 4 is 28.5 Å². The van der Waals surface area contributed by atoms with E-state index >= 15 is 0 Å². The highest BCUT2D eigenvalue weighted by Crippen LogP contribution is 2.18. The van der Waals surface area contributed by atoms with Gasteiger partial charge in [-0.2, -0.15) is 0 Å². The molecule has 0 aliphatic heterocycles. The molecule has 0 saturated heterocycles. The maximum Gasteiger partial charge on any atom is 0.336 e. The first-order chi connectivity index (χ1) is 11.5. The van der Waals surface area contributed by atoms with E-state index in [1.165, 1.54) is 12.1 Å². The largest absolute Gasteiger partial charge is 0.478 e. The minimum Gasteiger partial charge on any atom is -0.478 e. The first-order valence-electron chi connectivity index (χ1n) is 7.18. The molecule has 2 aromatic carbocycles. The van der Waals surface area contributed by atoms with Crippen molar-refractivity contribution in [3.8, 4) is 0 Å². The van der Waals surface area contributed by atoms with Gasteiger partial charge in [-0.25, -0.2) is 9.59 Å². The normalized spacial score (nSPS) is 10.5. The van der Waals surface area contributed by atoms with Crippen LogP contribution in [-0.2, 0) is 11.2 Å². The monoisotopic (exact) mass is 323 g/mol. The summed E-state index contributed by atoms with van der Waals surface area (Å²) in [6.45, 7) is 0. The minimum atomic E-state index is -1.07. The molecule has 3 aromatic rings. The zero-order valence-corrected chi connectivity index (χ0v) is 12.5. The molecule has 0 fully saturated rings.